The van der Waals surface area contributed by atoms with Crippen LogP contribution in [0.15, 0.2) is 81.3 Å². The Morgan fingerprint density at radius 1 is 1.00 bits per heavy atom. The Labute approximate surface area is 183 Å². The first kappa shape index (κ1) is 21.2. The molecule has 0 radical (unpaired) electrons. The molecule has 3 N–H and O–H groups in total. The summed E-state index contributed by atoms with van der Waals surface area (Å²) in [5, 5.41) is 0.408. The standard InChI is InChI=1S/C20H16ClN3O5S2/c21-15-5-6-18(30(25,26)12-13-7-8-23-19(22)9-13)16(11-15)24-31(27,28)20-10-14-3-1-2-4-17(14)29-20/h1-11,24H,12H2,(H2,22,23). The third-order valence-corrected chi connectivity index (χ3v) is 7.59. The topological polar surface area (TPSA) is 132 Å². The summed E-state index contributed by atoms with van der Waals surface area (Å²) in [6, 6.07) is 14.9. The van der Waals surface area contributed by atoms with Gasteiger partial charge in [-0.2, -0.15) is 8.42 Å². The van der Waals surface area contributed by atoms with Gasteiger partial charge >= 0.3 is 0 Å². The Morgan fingerprint density at radius 3 is 2.52 bits per heavy atom. The number of rotatable bonds is 6. The number of sulfone groups is 1. The molecule has 0 spiro atoms. The fourth-order valence-corrected chi connectivity index (χ4v) is 5.79. The number of nitrogens with one attached hydrogen (secondary N) is 1. The number of benzene rings is 2. The zero-order chi connectivity index (χ0) is 22.2. The zero-order valence-electron chi connectivity index (χ0n) is 15.8. The van der Waals surface area contributed by atoms with Gasteiger partial charge in [0.15, 0.2) is 9.84 Å². The second-order valence-corrected chi connectivity index (χ2v) is 10.7. The van der Waals surface area contributed by atoms with Gasteiger partial charge in [0.1, 0.15) is 11.4 Å². The number of hydrogen-bond donors (Lipinski definition) is 2. The number of anilines is 2. The van der Waals surface area contributed by atoms with Crippen LogP contribution in [0.25, 0.3) is 11.0 Å². The summed E-state index contributed by atoms with van der Waals surface area (Å²) in [5.74, 6) is -0.226. The van der Waals surface area contributed by atoms with Gasteiger partial charge in [-0.1, -0.05) is 29.8 Å². The van der Waals surface area contributed by atoms with Crippen LogP contribution in [-0.2, 0) is 25.6 Å². The van der Waals surface area contributed by atoms with Crippen LogP contribution < -0.4 is 10.5 Å². The Balaban J connectivity index is 1.72. The molecule has 2 aromatic carbocycles. The molecule has 0 saturated heterocycles. The van der Waals surface area contributed by atoms with Crippen molar-refractivity contribution in [1.29, 1.82) is 0 Å². The molecular weight excluding hydrogens is 462 g/mol. The summed E-state index contributed by atoms with van der Waals surface area (Å²) in [7, 11) is -8.18. The molecule has 0 atom stereocenters. The van der Waals surface area contributed by atoms with Crippen molar-refractivity contribution in [2.75, 3.05) is 10.5 Å². The van der Waals surface area contributed by atoms with Crippen molar-refractivity contribution < 1.29 is 21.3 Å². The first-order valence-electron chi connectivity index (χ1n) is 8.88. The van der Waals surface area contributed by atoms with Crippen molar-refractivity contribution >= 4 is 53.9 Å². The summed E-state index contributed by atoms with van der Waals surface area (Å²) in [4.78, 5) is 3.61. The van der Waals surface area contributed by atoms with Crippen LogP contribution in [0.3, 0.4) is 0 Å². The number of sulfonamides is 1. The van der Waals surface area contributed by atoms with E-state index in [1.165, 1.54) is 42.6 Å². The molecule has 0 amide bonds. The second-order valence-electron chi connectivity index (χ2n) is 6.70. The smallest absolute Gasteiger partial charge is 0.295 e. The summed E-state index contributed by atoms with van der Waals surface area (Å²) in [6.45, 7) is 0. The second kappa shape index (κ2) is 7.88. The Bertz CT molecular complexity index is 1470. The van der Waals surface area contributed by atoms with Crippen LogP contribution in [0.2, 0.25) is 5.02 Å². The van der Waals surface area contributed by atoms with E-state index in [2.05, 4.69) is 9.71 Å². The van der Waals surface area contributed by atoms with Crippen molar-refractivity contribution in [3.8, 4) is 0 Å². The minimum atomic E-state index is -4.22. The maximum absolute atomic E-state index is 13.0. The zero-order valence-corrected chi connectivity index (χ0v) is 18.2. The number of halogens is 1. The SMILES string of the molecule is Nc1cc(CS(=O)(=O)c2ccc(Cl)cc2NS(=O)(=O)c2cc3ccccc3o2)ccn1. The normalized spacial score (nSPS) is 12.2. The number of fused-ring (bicyclic) bond motifs is 1. The van der Waals surface area contributed by atoms with E-state index in [0.29, 0.717) is 16.5 Å². The van der Waals surface area contributed by atoms with E-state index in [-0.39, 0.29) is 26.5 Å². The van der Waals surface area contributed by atoms with Crippen molar-refractivity contribution in [1.82, 2.24) is 4.98 Å². The highest BCUT2D eigenvalue weighted by Gasteiger charge is 2.26. The van der Waals surface area contributed by atoms with Crippen LogP contribution in [0.4, 0.5) is 11.5 Å². The lowest BCUT2D eigenvalue weighted by molar-refractivity contribution is 0.484. The van der Waals surface area contributed by atoms with Crippen LogP contribution >= 0.6 is 11.6 Å². The molecule has 4 aromatic rings. The molecule has 11 heteroatoms. The van der Waals surface area contributed by atoms with Crippen molar-refractivity contribution in [2.24, 2.45) is 0 Å². The summed E-state index contributed by atoms with van der Waals surface area (Å²) in [6.07, 6.45) is 1.40. The van der Waals surface area contributed by atoms with Gasteiger partial charge < -0.3 is 10.2 Å². The number of nitrogens with zero attached hydrogens (tertiary/aromatic N) is 1. The average molecular weight is 478 g/mol. The minimum absolute atomic E-state index is 0.161. The number of pyridine rings is 1. The third-order valence-electron chi connectivity index (χ3n) is 4.39. The van der Waals surface area contributed by atoms with E-state index < -0.39 is 25.6 Å². The lowest BCUT2D eigenvalue weighted by atomic mass is 10.3. The maximum Gasteiger partial charge on any atom is 0.295 e. The minimum Gasteiger partial charge on any atom is -0.443 e. The van der Waals surface area contributed by atoms with Crippen LogP contribution in [-0.4, -0.2) is 21.8 Å². The highest BCUT2D eigenvalue weighted by atomic mass is 35.5. The van der Waals surface area contributed by atoms with Crippen molar-refractivity contribution in [2.45, 2.75) is 15.7 Å². The van der Waals surface area contributed by atoms with E-state index >= 15 is 0 Å². The predicted molar refractivity (Wildman–Crippen MR) is 118 cm³/mol. The van der Waals surface area contributed by atoms with Crippen LogP contribution in [0.1, 0.15) is 5.56 Å². The summed E-state index contributed by atoms with van der Waals surface area (Å²) in [5.41, 5.74) is 6.23. The fraction of sp³-hybridized carbons (Fsp3) is 0.0500. The molecule has 0 aliphatic rings. The van der Waals surface area contributed by atoms with Gasteiger partial charge in [0.2, 0.25) is 5.09 Å². The molecule has 0 unspecified atom stereocenters. The molecule has 0 aliphatic carbocycles. The third kappa shape index (κ3) is 4.50. The molecule has 8 nitrogen and oxygen atoms in total. The summed E-state index contributed by atoms with van der Waals surface area (Å²) < 4.78 is 59.6. The van der Waals surface area contributed by atoms with Crippen molar-refractivity contribution in [3.05, 3.63) is 77.4 Å². The molecule has 2 heterocycles. The Kier molecular flexibility index (Phi) is 5.38. The van der Waals surface area contributed by atoms with E-state index in [9.17, 15) is 16.8 Å². The Morgan fingerprint density at radius 2 is 1.77 bits per heavy atom. The molecule has 0 saturated carbocycles. The first-order valence-corrected chi connectivity index (χ1v) is 12.4. The van der Waals surface area contributed by atoms with Crippen molar-refractivity contribution in [3.63, 3.8) is 0 Å². The van der Waals surface area contributed by atoms with E-state index in [0.717, 1.165) is 0 Å². The first-order chi connectivity index (χ1) is 14.6. The lowest BCUT2D eigenvalue weighted by Gasteiger charge is -2.13. The number of nitrogen functional groups attached to an aromatic ring is 1. The van der Waals surface area contributed by atoms with Gasteiger partial charge in [-0.05, 0) is 42.0 Å². The summed E-state index contributed by atoms with van der Waals surface area (Å²) >= 11 is 6.01. The van der Waals surface area contributed by atoms with Crippen LogP contribution in [0.5, 0.6) is 0 Å². The molecule has 0 aliphatic heterocycles. The quantitative estimate of drug-likeness (QED) is 0.431. The number of aromatic nitrogens is 1. The van der Waals surface area contributed by atoms with Crippen LogP contribution in [0, 0.1) is 0 Å². The largest absolute Gasteiger partial charge is 0.443 e. The van der Waals surface area contributed by atoms with Gasteiger partial charge in [-0.25, -0.2) is 13.4 Å². The fourth-order valence-electron chi connectivity index (χ4n) is 3.02. The van der Waals surface area contributed by atoms with Gasteiger partial charge in [0.25, 0.3) is 10.0 Å². The molecule has 0 bridgehead atoms. The van der Waals surface area contributed by atoms with Gasteiger partial charge in [0, 0.05) is 22.7 Å². The van der Waals surface area contributed by atoms with Gasteiger partial charge in [0.05, 0.1) is 16.3 Å². The number of nitrogens with two attached hydrogens (primary N) is 1. The predicted octanol–water partition coefficient (Wildman–Crippen LogP) is 3.84. The average Bonchev–Trinajstić information content (AvgIpc) is 3.12. The molecule has 160 valence electrons. The van der Waals surface area contributed by atoms with Gasteiger partial charge in [-0.15, -0.1) is 0 Å². The Hall–Kier alpha value is -3.08. The number of para-hydroxylation sites is 1. The monoisotopic (exact) mass is 477 g/mol. The highest BCUT2D eigenvalue weighted by Crippen LogP contribution is 2.31. The maximum atomic E-state index is 13.0. The highest BCUT2D eigenvalue weighted by molar-refractivity contribution is 7.93. The molecular formula is C20H16ClN3O5S2. The number of furan rings is 1. The molecule has 2 aromatic heterocycles. The molecule has 0 fully saturated rings. The van der Waals surface area contributed by atoms with E-state index in [1.54, 1.807) is 24.3 Å². The molecule has 4 rings (SSSR count). The number of hydrogen-bond acceptors (Lipinski definition) is 7. The van der Waals surface area contributed by atoms with E-state index in [1.807, 2.05) is 0 Å². The lowest BCUT2D eigenvalue weighted by Crippen LogP contribution is -2.16. The van der Waals surface area contributed by atoms with E-state index in [4.69, 9.17) is 21.8 Å². The molecule has 31 heavy (non-hydrogen) atoms. The van der Waals surface area contributed by atoms with Gasteiger partial charge in [-0.3, -0.25) is 4.72 Å².